The Bertz CT molecular complexity index is 1490. The molecule has 0 bridgehead atoms. The average molecular weight is 518 g/mol. The molecule has 1 saturated heterocycles. The van der Waals surface area contributed by atoms with E-state index in [9.17, 15) is 14.0 Å². The monoisotopic (exact) mass is 517 g/mol. The van der Waals surface area contributed by atoms with Crippen LogP contribution in [0.15, 0.2) is 54.9 Å². The van der Waals surface area contributed by atoms with E-state index in [0.717, 1.165) is 31.7 Å². The fraction of sp³-hybridized carbons (Fsp3) is 0.214. The molecule has 4 aromatic rings. The molecule has 3 N–H and O–H groups in total. The second-order valence-corrected chi connectivity index (χ2v) is 9.59. The highest BCUT2D eigenvalue weighted by Gasteiger charge is 2.19. The van der Waals surface area contributed by atoms with Gasteiger partial charge in [-0.2, -0.15) is 0 Å². The minimum absolute atomic E-state index is 0.0277. The summed E-state index contributed by atoms with van der Waals surface area (Å²) in [6, 6.07) is 12.2. The number of aromatic nitrogens is 2. The van der Waals surface area contributed by atoms with Crippen LogP contribution in [0.4, 0.5) is 21.6 Å². The maximum atomic E-state index is 14.4. The van der Waals surface area contributed by atoms with E-state index in [4.69, 9.17) is 17.3 Å². The van der Waals surface area contributed by atoms with Gasteiger partial charge in [-0.05, 0) is 67.3 Å². The van der Waals surface area contributed by atoms with Gasteiger partial charge in [-0.3, -0.25) is 14.6 Å². The quantitative estimate of drug-likeness (QED) is 0.247. The van der Waals surface area contributed by atoms with Crippen molar-refractivity contribution >= 4 is 51.8 Å². The van der Waals surface area contributed by atoms with E-state index in [2.05, 4.69) is 20.2 Å². The highest BCUT2D eigenvalue weighted by Crippen LogP contribution is 2.34. The number of anilines is 3. The van der Waals surface area contributed by atoms with Gasteiger partial charge in [-0.1, -0.05) is 17.7 Å². The lowest BCUT2D eigenvalue weighted by Gasteiger charge is -2.31. The van der Waals surface area contributed by atoms with Crippen LogP contribution < -0.4 is 16.0 Å². The van der Waals surface area contributed by atoms with Gasteiger partial charge < -0.3 is 16.0 Å². The van der Waals surface area contributed by atoms with Crippen LogP contribution in [0.3, 0.4) is 0 Å². The van der Waals surface area contributed by atoms with Crippen LogP contribution in [0.25, 0.3) is 22.0 Å². The number of fused-ring (bicyclic) bond motifs is 1. The minimum Gasteiger partial charge on any atom is -0.355 e. The zero-order valence-electron chi connectivity index (χ0n) is 20.2. The zero-order chi connectivity index (χ0) is 26.1. The number of aldehydes is 1. The molecule has 1 unspecified atom stereocenters. The molecule has 1 aliphatic heterocycles. The van der Waals surface area contributed by atoms with Crippen molar-refractivity contribution in [3.8, 4) is 11.1 Å². The number of carbonyl (C=O) groups is 2. The van der Waals surface area contributed by atoms with Crippen LogP contribution in [0.5, 0.6) is 0 Å². The molecule has 0 aliphatic carbocycles. The van der Waals surface area contributed by atoms with Gasteiger partial charge >= 0.3 is 0 Å². The van der Waals surface area contributed by atoms with Gasteiger partial charge in [0.1, 0.15) is 11.6 Å². The number of Topliss-reactive ketones (excluding diaryl/α,β-unsaturated/α-hetero) is 1. The van der Waals surface area contributed by atoms with E-state index in [1.165, 1.54) is 13.0 Å². The number of nitrogens with zero attached hydrogens (tertiary/aromatic N) is 3. The molecule has 2 aromatic carbocycles. The Labute approximate surface area is 218 Å². The number of nitrogens with two attached hydrogens (primary N) is 1. The molecule has 0 saturated carbocycles. The van der Waals surface area contributed by atoms with Crippen molar-refractivity contribution in [3.05, 3.63) is 76.8 Å². The number of nitrogens with one attached hydrogen (secondary N) is 1. The van der Waals surface area contributed by atoms with Crippen LogP contribution in [0, 0.1) is 5.82 Å². The first-order valence-electron chi connectivity index (χ1n) is 12.0. The maximum Gasteiger partial charge on any atom is 0.163 e. The molecule has 9 heteroatoms. The number of rotatable bonds is 6. The largest absolute Gasteiger partial charge is 0.355 e. The van der Waals surface area contributed by atoms with Crippen molar-refractivity contribution in [1.82, 2.24) is 9.97 Å². The fourth-order valence-corrected chi connectivity index (χ4v) is 4.90. The predicted molar refractivity (Wildman–Crippen MR) is 144 cm³/mol. The molecule has 7 nitrogen and oxygen atoms in total. The van der Waals surface area contributed by atoms with Gasteiger partial charge in [0.05, 0.1) is 39.2 Å². The summed E-state index contributed by atoms with van der Waals surface area (Å²) in [5.74, 6) is -0.00182. The molecule has 1 fully saturated rings. The molecule has 188 valence electrons. The van der Waals surface area contributed by atoms with E-state index in [1.54, 1.807) is 30.6 Å². The molecule has 3 heterocycles. The second kappa shape index (κ2) is 10.2. The molecule has 0 spiro atoms. The van der Waals surface area contributed by atoms with E-state index in [0.29, 0.717) is 45.3 Å². The van der Waals surface area contributed by atoms with Crippen molar-refractivity contribution in [2.45, 2.75) is 25.8 Å². The molecule has 0 amide bonds. The van der Waals surface area contributed by atoms with Crippen molar-refractivity contribution in [3.63, 3.8) is 0 Å². The zero-order valence-corrected chi connectivity index (χ0v) is 20.9. The minimum atomic E-state index is -0.701. The average Bonchev–Trinajstić information content (AvgIpc) is 2.88. The summed E-state index contributed by atoms with van der Waals surface area (Å²) in [6.07, 6.45) is 5.71. The Morgan fingerprint density at radius 2 is 2.00 bits per heavy atom. The van der Waals surface area contributed by atoms with E-state index in [-0.39, 0.29) is 22.4 Å². The Balaban J connectivity index is 1.54. The number of hydrogen-bond donors (Lipinski definition) is 2. The van der Waals surface area contributed by atoms with Gasteiger partial charge in [-0.15, -0.1) is 0 Å². The molecular weight excluding hydrogens is 493 g/mol. The third-order valence-corrected chi connectivity index (χ3v) is 6.89. The summed E-state index contributed by atoms with van der Waals surface area (Å²) in [7, 11) is 0. The first-order chi connectivity index (χ1) is 17.8. The second-order valence-electron chi connectivity index (χ2n) is 9.18. The number of piperidine rings is 1. The summed E-state index contributed by atoms with van der Waals surface area (Å²) in [5, 5.41) is 4.04. The van der Waals surface area contributed by atoms with Crippen molar-refractivity contribution in [2.24, 2.45) is 5.73 Å². The molecule has 2 aromatic heterocycles. The van der Waals surface area contributed by atoms with Crippen LogP contribution in [0.1, 0.15) is 40.5 Å². The van der Waals surface area contributed by atoms with Crippen LogP contribution >= 0.6 is 11.6 Å². The Hall–Kier alpha value is -3.88. The van der Waals surface area contributed by atoms with E-state index >= 15 is 0 Å². The van der Waals surface area contributed by atoms with Crippen molar-refractivity contribution in [1.29, 1.82) is 0 Å². The lowest BCUT2D eigenvalue weighted by molar-refractivity contribution is 0.101. The normalized spacial score (nSPS) is 15.6. The first kappa shape index (κ1) is 24.8. The van der Waals surface area contributed by atoms with Crippen LogP contribution in [0.2, 0.25) is 5.02 Å². The first-order valence-corrected chi connectivity index (χ1v) is 12.3. The summed E-state index contributed by atoms with van der Waals surface area (Å²) >= 11 is 6.13. The number of halogens is 2. The summed E-state index contributed by atoms with van der Waals surface area (Å²) in [6.45, 7) is 3.16. The topological polar surface area (TPSA) is 101 Å². The number of hydrogen-bond acceptors (Lipinski definition) is 7. The molecule has 1 atom stereocenters. The fourth-order valence-electron chi connectivity index (χ4n) is 4.65. The van der Waals surface area contributed by atoms with Crippen molar-refractivity contribution in [2.75, 3.05) is 23.3 Å². The Morgan fingerprint density at radius 3 is 2.68 bits per heavy atom. The van der Waals surface area contributed by atoms with Crippen molar-refractivity contribution < 1.29 is 14.0 Å². The number of pyridine rings is 2. The van der Waals surface area contributed by atoms with Gasteiger partial charge in [-0.25, -0.2) is 9.37 Å². The number of ketones is 1. The van der Waals surface area contributed by atoms with Gasteiger partial charge in [0, 0.05) is 30.7 Å². The van der Waals surface area contributed by atoms with Gasteiger partial charge in [0.2, 0.25) is 0 Å². The smallest absolute Gasteiger partial charge is 0.163 e. The highest BCUT2D eigenvalue weighted by molar-refractivity contribution is 6.33. The molecule has 5 rings (SSSR count). The molecule has 0 radical (unpaired) electrons. The lowest BCUT2D eigenvalue weighted by Crippen LogP contribution is -2.43. The predicted octanol–water partition coefficient (Wildman–Crippen LogP) is 5.78. The SMILES string of the molecule is CC(=O)c1cnc2ccc(-c3cc(F)c(C=O)c(Cl)c3)cc2c1Nc1ccc(N2CCCC(N)C2)nc1. The van der Waals surface area contributed by atoms with Crippen LogP contribution in [-0.4, -0.2) is 41.2 Å². The van der Waals surface area contributed by atoms with E-state index < -0.39 is 5.82 Å². The molecule has 1 aliphatic rings. The third-order valence-electron chi connectivity index (χ3n) is 6.58. The maximum absolute atomic E-state index is 14.4. The molecular formula is C28H25ClFN5O2. The highest BCUT2D eigenvalue weighted by atomic mass is 35.5. The Morgan fingerprint density at radius 1 is 1.16 bits per heavy atom. The summed E-state index contributed by atoms with van der Waals surface area (Å²) < 4.78 is 14.4. The number of carbonyl (C=O) groups excluding carboxylic acids is 2. The number of benzene rings is 2. The van der Waals surface area contributed by atoms with Crippen LogP contribution in [-0.2, 0) is 0 Å². The lowest BCUT2D eigenvalue weighted by atomic mass is 9.99. The standard InChI is InChI=1S/C28H25ClFN5O2/c1-16(37)22-13-32-26-6-4-17(18-10-24(29)23(15-36)25(30)11-18)9-21(26)28(22)34-20-5-7-27(33-12-20)35-8-2-3-19(31)14-35/h4-7,9-13,15,19H,2-3,8,14,31H2,1H3,(H,32,34). The Kier molecular flexibility index (Phi) is 6.86. The summed E-state index contributed by atoms with van der Waals surface area (Å²) in [4.78, 5) is 34.8. The van der Waals surface area contributed by atoms with Gasteiger partial charge in [0.25, 0.3) is 0 Å². The summed E-state index contributed by atoms with van der Waals surface area (Å²) in [5.41, 5.74) is 9.43. The molecule has 37 heavy (non-hydrogen) atoms. The third kappa shape index (κ3) is 5.03. The van der Waals surface area contributed by atoms with E-state index in [1.807, 2.05) is 18.2 Å². The van der Waals surface area contributed by atoms with Gasteiger partial charge in [0.15, 0.2) is 12.1 Å².